The number of benzene rings is 1. The van der Waals surface area contributed by atoms with Gasteiger partial charge >= 0.3 is 0 Å². The molecule has 0 fully saturated rings. The summed E-state index contributed by atoms with van der Waals surface area (Å²) >= 11 is 2.93. The second-order valence-electron chi connectivity index (χ2n) is 8.10. The van der Waals surface area contributed by atoms with E-state index in [1.54, 1.807) is 22.0 Å². The number of aryl methyl sites for hydroxylation is 2. The summed E-state index contributed by atoms with van der Waals surface area (Å²) in [5.41, 5.74) is 3.17. The van der Waals surface area contributed by atoms with Crippen molar-refractivity contribution in [1.82, 2.24) is 9.55 Å². The molecule has 0 unspecified atom stereocenters. The zero-order valence-corrected chi connectivity index (χ0v) is 19.6. The van der Waals surface area contributed by atoms with E-state index in [2.05, 4.69) is 25.7 Å². The van der Waals surface area contributed by atoms with Crippen molar-refractivity contribution >= 4 is 44.9 Å². The topological polar surface area (TPSA) is 64.0 Å². The maximum atomic E-state index is 13.3. The van der Waals surface area contributed by atoms with Gasteiger partial charge in [0, 0.05) is 17.1 Å². The Hall–Kier alpha value is -2.38. The molecule has 1 aromatic carbocycles. The van der Waals surface area contributed by atoms with Crippen LogP contribution in [-0.2, 0) is 24.2 Å². The summed E-state index contributed by atoms with van der Waals surface area (Å²) in [6, 6.07) is 7.91. The van der Waals surface area contributed by atoms with Gasteiger partial charge in [0.1, 0.15) is 4.83 Å². The van der Waals surface area contributed by atoms with E-state index in [4.69, 9.17) is 4.98 Å². The van der Waals surface area contributed by atoms with E-state index >= 15 is 0 Å². The van der Waals surface area contributed by atoms with E-state index in [-0.39, 0.29) is 17.2 Å². The van der Waals surface area contributed by atoms with Crippen LogP contribution >= 0.6 is 23.1 Å². The van der Waals surface area contributed by atoms with Gasteiger partial charge in [0.2, 0.25) is 5.91 Å². The van der Waals surface area contributed by atoms with Gasteiger partial charge in [0.15, 0.2) is 5.16 Å². The smallest absolute Gasteiger partial charge is 0.263 e. The number of hydrogen-bond acceptors (Lipinski definition) is 5. The van der Waals surface area contributed by atoms with Crippen molar-refractivity contribution in [2.24, 2.45) is 0 Å². The Bertz CT molecular complexity index is 1180. The van der Waals surface area contributed by atoms with Crippen LogP contribution in [0.5, 0.6) is 0 Å². The molecule has 5 nitrogen and oxygen atoms in total. The number of allylic oxidation sites excluding steroid dienone is 1. The molecule has 0 saturated carbocycles. The molecule has 0 spiro atoms. The van der Waals surface area contributed by atoms with Crippen LogP contribution in [0.15, 0.2) is 46.9 Å². The van der Waals surface area contributed by atoms with Gasteiger partial charge in [-0.05, 0) is 54.9 Å². The van der Waals surface area contributed by atoms with Crippen LogP contribution in [-0.4, -0.2) is 21.2 Å². The highest BCUT2D eigenvalue weighted by atomic mass is 32.2. The van der Waals surface area contributed by atoms with Crippen molar-refractivity contribution in [1.29, 1.82) is 0 Å². The second kappa shape index (κ2) is 9.40. The maximum absolute atomic E-state index is 13.3. The van der Waals surface area contributed by atoms with Crippen LogP contribution in [0, 0.1) is 0 Å². The van der Waals surface area contributed by atoms with E-state index in [1.165, 1.54) is 34.2 Å². The Morgan fingerprint density at radius 2 is 2.03 bits per heavy atom. The minimum atomic E-state index is -0.118. The van der Waals surface area contributed by atoms with Crippen LogP contribution in [0.4, 0.5) is 5.69 Å². The van der Waals surface area contributed by atoms with Crippen LogP contribution in [0.3, 0.4) is 0 Å². The molecule has 0 aliphatic heterocycles. The number of fused-ring (bicyclic) bond motifs is 3. The highest BCUT2D eigenvalue weighted by Crippen LogP contribution is 2.34. The molecule has 1 amide bonds. The van der Waals surface area contributed by atoms with E-state index in [0.29, 0.717) is 17.6 Å². The van der Waals surface area contributed by atoms with Gasteiger partial charge in [-0.15, -0.1) is 17.9 Å². The van der Waals surface area contributed by atoms with Crippen molar-refractivity contribution < 1.29 is 4.79 Å². The number of nitrogens with one attached hydrogen (secondary N) is 1. The van der Waals surface area contributed by atoms with Crippen molar-refractivity contribution in [3.05, 3.63) is 63.3 Å². The van der Waals surface area contributed by atoms with E-state index < -0.39 is 0 Å². The number of hydrogen-bond donors (Lipinski definition) is 1. The third-order valence-corrected chi connectivity index (χ3v) is 7.71. The predicted molar refractivity (Wildman–Crippen MR) is 131 cm³/mol. The van der Waals surface area contributed by atoms with Crippen LogP contribution in [0.25, 0.3) is 10.2 Å². The lowest BCUT2D eigenvalue weighted by atomic mass is 9.97. The minimum Gasteiger partial charge on any atom is -0.325 e. The number of anilines is 1. The number of carbonyl (C=O) groups is 1. The lowest BCUT2D eigenvalue weighted by Crippen LogP contribution is -2.24. The number of thiophene rings is 1. The second-order valence-corrected chi connectivity index (χ2v) is 10.1. The normalized spacial score (nSPS) is 13.4. The van der Waals surface area contributed by atoms with Crippen molar-refractivity contribution in [2.75, 3.05) is 11.1 Å². The van der Waals surface area contributed by atoms with Gasteiger partial charge in [-0.1, -0.05) is 43.8 Å². The molecule has 31 heavy (non-hydrogen) atoms. The fourth-order valence-corrected chi connectivity index (χ4v) is 6.01. The van der Waals surface area contributed by atoms with Crippen molar-refractivity contribution in [3.63, 3.8) is 0 Å². The summed E-state index contributed by atoms with van der Waals surface area (Å²) < 4.78 is 1.65. The SMILES string of the molecule is C=CCn1c(SCC(=O)Nc2ccc(C(C)C)cc2)nc2sc3c(c2c1=O)CCCC3. The fraction of sp³-hybridized carbons (Fsp3) is 0.375. The molecule has 0 bridgehead atoms. The maximum Gasteiger partial charge on any atom is 0.263 e. The summed E-state index contributed by atoms with van der Waals surface area (Å²) in [5, 5.41) is 4.26. The van der Waals surface area contributed by atoms with Crippen molar-refractivity contribution in [3.8, 4) is 0 Å². The van der Waals surface area contributed by atoms with Crippen LogP contribution in [0.2, 0.25) is 0 Å². The first-order chi connectivity index (χ1) is 15.0. The Kier molecular flexibility index (Phi) is 6.62. The summed E-state index contributed by atoms with van der Waals surface area (Å²) in [6.45, 7) is 8.45. The van der Waals surface area contributed by atoms with Gasteiger partial charge in [0.25, 0.3) is 5.56 Å². The average molecular weight is 454 g/mol. The molecule has 0 radical (unpaired) electrons. The molecule has 0 saturated heterocycles. The quantitative estimate of drug-likeness (QED) is 0.296. The monoisotopic (exact) mass is 453 g/mol. The molecular weight excluding hydrogens is 426 g/mol. The van der Waals surface area contributed by atoms with Crippen molar-refractivity contribution in [2.45, 2.75) is 57.1 Å². The average Bonchev–Trinajstić information content (AvgIpc) is 3.13. The van der Waals surface area contributed by atoms with E-state index in [9.17, 15) is 9.59 Å². The molecule has 1 aliphatic carbocycles. The molecule has 0 atom stereocenters. The molecular formula is C24H27N3O2S2. The van der Waals surface area contributed by atoms with Gasteiger partial charge in [-0.25, -0.2) is 4.98 Å². The van der Waals surface area contributed by atoms with E-state index in [1.807, 2.05) is 24.3 Å². The molecule has 162 valence electrons. The summed E-state index contributed by atoms with van der Waals surface area (Å²) in [4.78, 5) is 32.7. The minimum absolute atomic E-state index is 0.0171. The zero-order valence-electron chi connectivity index (χ0n) is 17.9. The molecule has 2 aromatic heterocycles. The first-order valence-electron chi connectivity index (χ1n) is 10.7. The highest BCUT2D eigenvalue weighted by Gasteiger charge is 2.22. The molecule has 1 aliphatic rings. The molecule has 7 heteroatoms. The first-order valence-corrected chi connectivity index (χ1v) is 12.5. The number of nitrogens with zero attached hydrogens (tertiary/aromatic N) is 2. The van der Waals surface area contributed by atoms with Crippen LogP contribution < -0.4 is 10.9 Å². The largest absolute Gasteiger partial charge is 0.325 e. The Morgan fingerprint density at radius 3 is 2.74 bits per heavy atom. The van der Waals surface area contributed by atoms with E-state index in [0.717, 1.165) is 35.2 Å². The number of amides is 1. The number of thioether (sulfide) groups is 1. The lowest BCUT2D eigenvalue weighted by molar-refractivity contribution is -0.113. The number of carbonyl (C=O) groups excluding carboxylic acids is 1. The molecule has 2 heterocycles. The Morgan fingerprint density at radius 1 is 1.29 bits per heavy atom. The Balaban J connectivity index is 1.54. The third-order valence-electron chi connectivity index (χ3n) is 5.54. The van der Waals surface area contributed by atoms with Gasteiger partial charge in [-0.2, -0.15) is 0 Å². The number of aromatic nitrogens is 2. The summed E-state index contributed by atoms with van der Waals surface area (Å²) in [7, 11) is 0. The standard InChI is InChI=1S/C24H27N3O2S2/c1-4-13-27-23(29)21-18-7-5-6-8-19(18)31-22(21)26-24(27)30-14-20(28)25-17-11-9-16(10-12-17)15(2)3/h4,9-12,15H,1,5-8,13-14H2,2-3H3,(H,25,28). The molecule has 4 rings (SSSR count). The lowest BCUT2D eigenvalue weighted by Gasteiger charge is -2.12. The van der Waals surface area contributed by atoms with Crippen LogP contribution in [0.1, 0.15) is 48.6 Å². The van der Waals surface area contributed by atoms with Gasteiger partial charge < -0.3 is 5.32 Å². The molecule has 1 N–H and O–H groups in total. The predicted octanol–water partition coefficient (Wildman–Crippen LogP) is 5.38. The summed E-state index contributed by atoms with van der Waals surface area (Å²) in [5.74, 6) is 0.518. The Labute approximate surface area is 190 Å². The highest BCUT2D eigenvalue weighted by molar-refractivity contribution is 7.99. The van der Waals surface area contributed by atoms with Gasteiger partial charge in [-0.3, -0.25) is 14.2 Å². The molecule has 3 aromatic rings. The zero-order chi connectivity index (χ0) is 22.0. The first kappa shape index (κ1) is 21.8. The summed E-state index contributed by atoms with van der Waals surface area (Å²) in [6.07, 6.45) is 5.96. The third kappa shape index (κ3) is 4.62. The van der Waals surface area contributed by atoms with Gasteiger partial charge in [0.05, 0.1) is 11.1 Å². The number of rotatable bonds is 7. The fourth-order valence-electron chi connectivity index (χ4n) is 3.90.